The van der Waals surface area contributed by atoms with Crippen molar-refractivity contribution >= 4 is 35.1 Å². The topological polar surface area (TPSA) is 52.6 Å². The molecule has 0 aliphatic carbocycles. The highest BCUT2D eigenvalue weighted by atomic mass is 35.5. The van der Waals surface area contributed by atoms with E-state index in [2.05, 4.69) is 0 Å². The summed E-state index contributed by atoms with van der Waals surface area (Å²) in [5.41, 5.74) is 0. The highest BCUT2D eigenvalue weighted by molar-refractivity contribution is 6.42. The minimum Gasteiger partial charge on any atom is -0.423 e. The first-order valence-electron chi connectivity index (χ1n) is 4.26. The molecular weight excluding hydrogens is 255 g/mol. The lowest BCUT2D eigenvalue weighted by Crippen LogP contribution is -2.07. The molecule has 0 spiro atoms. The van der Waals surface area contributed by atoms with Crippen LogP contribution in [0.4, 0.5) is 0 Å². The summed E-state index contributed by atoms with van der Waals surface area (Å²) in [5.74, 6) is -0.993. The van der Waals surface area contributed by atoms with Crippen LogP contribution in [0.3, 0.4) is 0 Å². The number of carbonyl (C=O) groups excluding carboxylic acids is 2. The fraction of sp³-hybridized carbons (Fsp3) is 0.200. The highest BCUT2D eigenvalue weighted by Gasteiger charge is 2.13. The van der Waals surface area contributed by atoms with Crippen LogP contribution in [-0.2, 0) is 9.59 Å². The molecule has 4 nitrogen and oxygen atoms in total. The molecule has 86 valence electrons. The number of hydrogen-bond donors (Lipinski definition) is 0. The molecule has 1 aromatic rings. The molecule has 0 bridgehead atoms. The van der Waals surface area contributed by atoms with Gasteiger partial charge in [-0.2, -0.15) is 0 Å². The van der Waals surface area contributed by atoms with Gasteiger partial charge in [0.1, 0.15) is 0 Å². The number of ether oxygens (including phenoxy) is 2. The van der Waals surface area contributed by atoms with Gasteiger partial charge in [-0.05, 0) is 0 Å². The van der Waals surface area contributed by atoms with Crippen molar-refractivity contribution in [3.63, 3.8) is 0 Å². The van der Waals surface area contributed by atoms with Gasteiger partial charge in [0.25, 0.3) is 0 Å². The molecule has 0 saturated heterocycles. The van der Waals surface area contributed by atoms with Crippen LogP contribution >= 0.6 is 23.2 Å². The fourth-order valence-electron chi connectivity index (χ4n) is 0.980. The highest BCUT2D eigenvalue weighted by Crippen LogP contribution is 2.36. The van der Waals surface area contributed by atoms with Gasteiger partial charge in [0.15, 0.2) is 11.5 Å². The van der Waals surface area contributed by atoms with Crippen molar-refractivity contribution < 1.29 is 19.1 Å². The average molecular weight is 263 g/mol. The van der Waals surface area contributed by atoms with E-state index < -0.39 is 11.9 Å². The summed E-state index contributed by atoms with van der Waals surface area (Å²) in [5, 5.41) is 0.405. The summed E-state index contributed by atoms with van der Waals surface area (Å²) < 4.78 is 9.65. The third-order valence-electron chi connectivity index (χ3n) is 1.49. The van der Waals surface area contributed by atoms with Crippen molar-refractivity contribution in [2.75, 3.05) is 0 Å². The third kappa shape index (κ3) is 3.40. The molecule has 16 heavy (non-hydrogen) atoms. The van der Waals surface area contributed by atoms with Gasteiger partial charge >= 0.3 is 11.9 Å². The molecule has 0 aromatic heterocycles. The van der Waals surface area contributed by atoms with Crippen LogP contribution in [0.5, 0.6) is 11.5 Å². The molecule has 0 amide bonds. The molecule has 1 rings (SSSR count). The Bertz CT molecular complexity index is 402. The van der Waals surface area contributed by atoms with Crippen LogP contribution in [0.1, 0.15) is 13.8 Å². The fourth-order valence-corrected chi connectivity index (χ4v) is 1.29. The van der Waals surface area contributed by atoms with E-state index in [1.54, 1.807) is 0 Å². The van der Waals surface area contributed by atoms with E-state index in [1.165, 1.54) is 26.0 Å². The minimum absolute atomic E-state index is 0.0529. The predicted octanol–water partition coefficient (Wildman–Crippen LogP) is 2.84. The van der Waals surface area contributed by atoms with Crippen LogP contribution in [0.25, 0.3) is 0 Å². The second-order valence-electron chi connectivity index (χ2n) is 2.90. The van der Waals surface area contributed by atoms with E-state index in [0.29, 0.717) is 0 Å². The number of esters is 2. The zero-order valence-corrected chi connectivity index (χ0v) is 10.1. The summed E-state index contributed by atoms with van der Waals surface area (Å²) in [6.45, 7) is 2.44. The number of benzene rings is 1. The van der Waals surface area contributed by atoms with Gasteiger partial charge in [0.05, 0.1) is 10.0 Å². The molecule has 6 heteroatoms. The van der Waals surface area contributed by atoms with Crippen molar-refractivity contribution in [2.45, 2.75) is 13.8 Å². The standard InChI is InChI=1S/C10H8Cl2O4/c1-5(13)15-9-3-7(11)8(12)4-10(9)16-6(2)14/h3-4H,1-2H3. The van der Waals surface area contributed by atoms with Crippen molar-refractivity contribution in [3.8, 4) is 11.5 Å². The van der Waals surface area contributed by atoms with Gasteiger partial charge < -0.3 is 9.47 Å². The summed E-state index contributed by atoms with van der Waals surface area (Å²) >= 11 is 11.5. The lowest BCUT2D eigenvalue weighted by Gasteiger charge is -2.09. The maximum atomic E-state index is 10.8. The molecule has 1 aromatic carbocycles. The molecule has 0 aliphatic heterocycles. The first-order valence-corrected chi connectivity index (χ1v) is 5.01. The van der Waals surface area contributed by atoms with Crippen molar-refractivity contribution in [2.24, 2.45) is 0 Å². The van der Waals surface area contributed by atoms with Crippen molar-refractivity contribution in [1.82, 2.24) is 0 Å². The van der Waals surface area contributed by atoms with Gasteiger partial charge in [-0.1, -0.05) is 23.2 Å². The molecular formula is C10H8Cl2O4. The average Bonchev–Trinajstić information content (AvgIpc) is 2.11. The Morgan fingerprint density at radius 1 is 0.938 bits per heavy atom. The minimum atomic E-state index is -0.549. The monoisotopic (exact) mass is 262 g/mol. The van der Waals surface area contributed by atoms with Crippen LogP contribution < -0.4 is 9.47 Å². The Labute approximate surface area is 102 Å². The Morgan fingerprint density at radius 3 is 1.50 bits per heavy atom. The maximum absolute atomic E-state index is 10.8. The van der Waals surface area contributed by atoms with Crippen molar-refractivity contribution in [3.05, 3.63) is 22.2 Å². The van der Waals surface area contributed by atoms with Crippen LogP contribution in [0.2, 0.25) is 10.0 Å². The van der Waals surface area contributed by atoms with Gasteiger partial charge in [0.2, 0.25) is 0 Å². The van der Waals surface area contributed by atoms with E-state index in [9.17, 15) is 9.59 Å². The second-order valence-corrected chi connectivity index (χ2v) is 3.71. The zero-order valence-electron chi connectivity index (χ0n) is 8.54. The van der Waals surface area contributed by atoms with Crippen LogP contribution in [0, 0.1) is 0 Å². The molecule has 0 heterocycles. The molecule has 0 radical (unpaired) electrons. The van der Waals surface area contributed by atoms with Gasteiger partial charge in [-0.3, -0.25) is 9.59 Å². The molecule has 0 unspecified atom stereocenters. The molecule has 0 saturated carbocycles. The Balaban J connectivity index is 3.15. The largest absolute Gasteiger partial charge is 0.423 e. The van der Waals surface area contributed by atoms with Gasteiger partial charge in [0, 0.05) is 26.0 Å². The van der Waals surface area contributed by atoms with Crippen molar-refractivity contribution in [1.29, 1.82) is 0 Å². The van der Waals surface area contributed by atoms with E-state index in [1.807, 2.05) is 0 Å². The number of halogens is 2. The quantitative estimate of drug-likeness (QED) is 0.608. The molecule has 0 atom stereocenters. The smallest absolute Gasteiger partial charge is 0.308 e. The number of hydrogen-bond acceptors (Lipinski definition) is 4. The molecule has 0 fully saturated rings. The molecule has 0 aliphatic rings. The van der Waals surface area contributed by atoms with Crippen LogP contribution in [-0.4, -0.2) is 11.9 Å². The lowest BCUT2D eigenvalue weighted by molar-refractivity contribution is -0.134. The number of rotatable bonds is 2. The van der Waals surface area contributed by atoms with Gasteiger partial charge in [-0.15, -0.1) is 0 Å². The van der Waals surface area contributed by atoms with E-state index in [4.69, 9.17) is 32.7 Å². The number of carbonyl (C=O) groups is 2. The Hall–Kier alpha value is -1.26. The van der Waals surface area contributed by atoms with E-state index >= 15 is 0 Å². The maximum Gasteiger partial charge on any atom is 0.308 e. The lowest BCUT2D eigenvalue weighted by atomic mass is 10.3. The normalized spacial score (nSPS) is 9.75. The summed E-state index contributed by atoms with van der Waals surface area (Å²) in [7, 11) is 0. The zero-order chi connectivity index (χ0) is 12.3. The Morgan fingerprint density at radius 2 is 1.25 bits per heavy atom. The summed E-state index contributed by atoms with van der Waals surface area (Å²) in [6, 6.07) is 2.62. The summed E-state index contributed by atoms with van der Waals surface area (Å²) in [4.78, 5) is 21.6. The van der Waals surface area contributed by atoms with E-state index in [0.717, 1.165) is 0 Å². The predicted molar refractivity (Wildman–Crippen MR) is 59.1 cm³/mol. The molecule has 0 N–H and O–H groups in total. The Kier molecular flexibility index (Phi) is 4.15. The summed E-state index contributed by atoms with van der Waals surface area (Å²) in [6.07, 6.45) is 0. The van der Waals surface area contributed by atoms with Crippen LogP contribution in [0.15, 0.2) is 12.1 Å². The van der Waals surface area contributed by atoms with Gasteiger partial charge in [-0.25, -0.2) is 0 Å². The SMILES string of the molecule is CC(=O)Oc1cc(Cl)c(Cl)cc1OC(C)=O. The third-order valence-corrected chi connectivity index (χ3v) is 2.22. The van der Waals surface area contributed by atoms with E-state index in [-0.39, 0.29) is 21.5 Å². The second kappa shape index (κ2) is 5.18. The first kappa shape index (κ1) is 12.8. The first-order chi connectivity index (χ1) is 7.40.